The van der Waals surface area contributed by atoms with Crippen LogP contribution < -0.4 is 19.9 Å². The van der Waals surface area contributed by atoms with Gasteiger partial charge in [-0.05, 0) is 18.6 Å². The van der Waals surface area contributed by atoms with Crippen molar-refractivity contribution < 1.29 is 17.9 Å². The standard InChI is InChI=1S/C11H16N2O4S/c1-16-7-3-4-11(10(5-7)17-2)18(14,15)13-9-6-8(9)12/h3-5,8-9,13H,6,12H2,1-2H3. The molecule has 0 heterocycles. The molecule has 1 fully saturated rings. The summed E-state index contributed by atoms with van der Waals surface area (Å²) in [5.41, 5.74) is 5.59. The van der Waals surface area contributed by atoms with Gasteiger partial charge in [-0.15, -0.1) is 0 Å². The molecule has 1 saturated carbocycles. The molecule has 0 aliphatic heterocycles. The Bertz CT molecular complexity index is 544. The van der Waals surface area contributed by atoms with Crippen molar-refractivity contribution in [2.24, 2.45) is 5.73 Å². The molecule has 7 heteroatoms. The second kappa shape index (κ2) is 4.75. The van der Waals surface area contributed by atoms with Crippen LogP contribution in [0.25, 0.3) is 0 Å². The Morgan fingerprint density at radius 3 is 2.50 bits per heavy atom. The predicted molar refractivity (Wildman–Crippen MR) is 66.2 cm³/mol. The molecular formula is C11H16N2O4S. The Kier molecular flexibility index (Phi) is 3.47. The molecular weight excluding hydrogens is 256 g/mol. The molecule has 1 aromatic carbocycles. The lowest BCUT2D eigenvalue weighted by Crippen LogP contribution is -2.30. The third-order valence-corrected chi connectivity index (χ3v) is 4.34. The Morgan fingerprint density at radius 2 is 2.00 bits per heavy atom. The molecule has 1 aromatic rings. The number of hydrogen-bond donors (Lipinski definition) is 2. The van der Waals surface area contributed by atoms with Crippen molar-refractivity contribution in [1.82, 2.24) is 4.72 Å². The van der Waals surface area contributed by atoms with Gasteiger partial charge in [-0.2, -0.15) is 0 Å². The van der Waals surface area contributed by atoms with Gasteiger partial charge in [-0.25, -0.2) is 13.1 Å². The monoisotopic (exact) mass is 272 g/mol. The number of benzene rings is 1. The number of rotatable bonds is 5. The number of ether oxygens (including phenoxy) is 2. The summed E-state index contributed by atoms with van der Waals surface area (Å²) in [6.45, 7) is 0. The maximum absolute atomic E-state index is 12.1. The first kappa shape index (κ1) is 13.1. The molecule has 0 aromatic heterocycles. The van der Waals surface area contributed by atoms with Crippen LogP contribution in [0, 0.1) is 0 Å². The minimum absolute atomic E-state index is 0.0879. The van der Waals surface area contributed by atoms with E-state index in [0.717, 1.165) is 0 Å². The summed E-state index contributed by atoms with van der Waals surface area (Å²) >= 11 is 0. The summed E-state index contributed by atoms with van der Waals surface area (Å²) < 4.78 is 36.9. The van der Waals surface area contributed by atoms with Crippen LogP contribution in [-0.4, -0.2) is 34.7 Å². The Morgan fingerprint density at radius 1 is 1.33 bits per heavy atom. The van der Waals surface area contributed by atoms with E-state index in [2.05, 4.69) is 4.72 Å². The lowest BCUT2D eigenvalue weighted by Gasteiger charge is -2.11. The van der Waals surface area contributed by atoms with Crippen molar-refractivity contribution in [3.05, 3.63) is 18.2 Å². The largest absolute Gasteiger partial charge is 0.497 e. The predicted octanol–water partition coefficient (Wildman–Crippen LogP) is 0.0817. The van der Waals surface area contributed by atoms with Crippen LogP contribution in [0.4, 0.5) is 0 Å². The summed E-state index contributed by atoms with van der Waals surface area (Å²) in [6, 6.07) is 4.28. The molecule has 18 heavy (non-hydrogen) atoms. The molecule has 6 nitrogen and oxygen atoms in total. The summed E-state index contributed by atoms with van der Waals surface area (Å²) in [5, 5.41) is 0. The van der Waals surface area contributed by atoms with Gasteiger partial charge >= 0.3 is 0 Å². The van der Waals surface area contributed by atoms with E-state index < -0.39 is 10.0 Å². The van der Waals surface area contributed by atoms with Crippen molar-refractivity contribution in [2.45, 2.75) is 23.4 Å². The van der Waals surface area contributed by atoms with Crippen molar-refractivity contribution in [3.8, 4) is 11.5 Å². The van der Waals surface area contributed by atoms with Crippen LogP contribution in [0.1, 0.15) is 6.42 Å². The van der Waals surface area contributed by atoms with Gasteiger partial charge in [0.25, 0.3) is 0 Å². The number of nitrogens with two attached hydrogens (primary N) is 1. The summed E-state index contributed by atoms with van der Waals surface area (Å²) in [4.78, 5) is 0.0879. The fourth-order valence-electron chi connectivity index (χ4n) is 1.61. The molecule has 0 radical (unpaired) electrons. The Balaban J connectivity index is 2.31. The van der Waals surface area contributed by atoms with Gasteiger partial charge in [0.2, 0.25) is 10.0 Å². The third kappa shape index (κ3) is 2.58. The fraction of sp³-hybridized carbons (Fsp3) is 0.455. The second-order valence-corrected chi connectivity index (χ2v) is 5.83. The minimum Gasteiger partial charge on any atom is -0.497 e. The van der Waals surface area contributed by atoms with E-state index >= 15 is 0 Å². The van der Waals surface area contributed by atoms with E-state index in [1.807, 2.05) is 0 Å². The van der Waals surface area contributed by atoms with Gasteiger partial charge < -0.3 is 15.2 Å². The van der Waals surface area contributed by atoms with E-state index in [4.69, 9.17) is 15.2 Å². The van der Waals surface area contributed by atoms with Gasteiger partial charge in [0.1, 0.15) is 16.4 Å². The van der Waals surface area contributed by atoms with Crippen molar-refractivity contribution in [3.63, 3.8) is 0 Å². The molecule has 2 unspecified atom stereocenters. The van der Waals surface area contributed by atoms with Crippen molar-refractivity contribution >= 4 is 10.0 Å². The zero-order chi connectivity index (χ0) is 13.3. The zero-order valence-corrected chi connectivity index (χ0v) is 11.0. The molecule has 1 aliphatic rings. The fourth-order valence-corrected chi connectivity index (χ4v) is 3.06. The first-order chi connectivity index (χ1) is 8.47. The normalized spacial score (nSPS) is 22.6. The van der Waals surface area contributed by atoms with Crippen LogP contribution >= 0.6 is 0 Å². The SMILES string of the molecule is COc1ccc(S(=O)(=O)NC2CC2N)c(OC)c1. The van der Waals surface area contributed by atoms with Crippen molar-refractivity contribution in [2.75, 3.05) is 14.2 Å². The average molecular weight is 272 g/mol. The van der Waals surface area contributed by atoms with E-state index in [-0.39, 0.29) is 22.7 Å². The van der Waals surface area contributed by atoms with Crippen LogP contribution in [0.15, 0.2) is 23.1 Å². The molecule has 0 saturated heterocycles. The summed E-state index contributed by atoms with van der Waals surface area (Å²) in [5.74, 6) is 0.782. The van der Waals surface area contributed by atoms with E-state index in [0.29, 0.717) is 12.2 Å². The van der Waals surface area contributed by atoms with Crippen LogP contribution in [0.2, 0.25) is 0 Å². The average Bonchev–Trinajstić information content (AvgIpc) is 3.02. The van der Waals surface area contributed by atoms with Gasteiger partial charge in [-0.1, -0.05) is 0 Å². The zero-order valence-electron chi connectivity index (χ0n) is 10.2. The number of methoxy groups -OCH3 is 2. The van der Waals surface area contributed by atoms with Crippen LogP contribution in [0.3, 0.4) is 0 Å². The topological polar surface area (TPSA) is 90.7 Å². The molecule has 100 valence electrons. The highest BCUT2D eigenvalue weighted by atomic mass is 32.2. The highest BCUT2D eigenvalue weighted by Gasteiger charge is 2.38. The van der Waals surface area contributed by atoms with E-state index in [1.165, 1.54) is 26.4 Å². The Labute approximate surface area is 106 Å². The highest BCUT2D eigenvalue weighted by molar-refractivity contribution is 7.89. The molecule has 0 spiro atoms. The van der Waals surface area contributed by atoms with E-state index in [1.54, 1.807) is 6.07 Å². The lowest BCUT2D eigenvalue weighted by atomic mass is 10.3. The molecule has 1 aliphatic carbocycles. The van der Waals surface area contributed by atoms with Gasteiger partial charge in [0.05, 0.1) is 14.2 Å². The van der Waals surface area contributed by atoms with Crippen LogP contribution in [-0.2, 0) is 10.0 Å². The third-order valence-electron chi connectivity index (χ3n) is 2.81. The van der Waals surface area contributed by atoms with Gasteiger partial charge in [0, 0.05) is 18.2 Å². The molecule has 2 atom stereocenters. The smallest absolute Gasteiger partial charge is 0.244 e. The minimum atomic E-state index is -3.61. The highest BCUT2D eigenvalue weighted by Crippen LogP contribution is 2.30. The molecule has 0 amide bonds. The second-order valence-electron chi connectivity index (χ2n) is 4.14. The number of nitrogens with one attached hydrogen (secondary N) is 1. The molecule has 3 N–H and O–H groups in total. The first-order valence-electron chi connectivity index (χ1n) is 5.48. The molecule has 0 bridgehead atoms. The first-order valence-corrected chi connectivity index (χ1v) is 6.96. The lowest BCUT2D eigenvalue weighted by molar-refractivity contribution is 0.386. The van der Waals surface area contributed by atoms with Gasteiger partial charge in [-0.3, -0.25) is 0 Å². The summed E-state index contributed by atoms with van der Waals surface area (Å²) in [7, 11) is -0.691. The van der Waals surface area contributed by atoms with Crippen molar-refractivity contribution in [1.29, 1.82) is 0 Å². The number of sulfonamides is 1. The molecule has 2 rings (SSSR count). The van der Waals surface area contributed by atoms with Crippen LogP contribution in [0.5, 0.6) is 11.5 Å². The van der Waals surface area contributed by atoms with E-state index in [9.17, 15) is 8.42 Å². The summed E-state index contributed by atoms with van der Waals surface area (Å²) in [6.07, 6.45) is 0.664. The number of hydrogen-bond acceptors (Lipinski definition) is 5. The quantitative estimate of drug-likeness (QED) is 0.792. The maximum atomic E-state index is 12.1. The van der Waals surface area contributed by atoms with Gasteiger partial charge in [0.15, 0.2) is 0 Å². The maximum Gasteiger partial charge on any atom is 0.244 e. The Hall–Kier alpha value is -1.31.